The number of hydrogen-bond donors (Lipinski definition) is 1. The number of rotatable bonds is 4. The maximum absolute atomic E-state index is 6.26. The van der Waals surface area contributed by atoms with Crippen molar-refractivity contribution < 1.29 is 4.74 Å². The average Bonchev–Trinajstić information content (AvgIpc) is 3.20. The van der Waals surface area contributed by atoms with E-state index >= 15 is 0 Å². The van der Waals surface area contributed by atoms with E-state index in [4.69, 9.17) is 27.9 Å². The Kier molecular flexibility index (Phi) is 4.33. The molecule has 2 nitrogen and oxygen atoms in total. The van der Waals surface area contributed by atoms with Crippen LogP contribution in [0.3, 0.4) is 0 Å². The molecule has 19 heavy (non-hydrogen) atoms. The van der Waals surface area contributed by atoms with E-state index in [0.29, 0.717) is 12.0 Å². The lowest BCUT2D eigenvalue weighted by Crippen LogP contribution is -2.44. The zero-order valence-electron chi connectivity index (χ0n) is 10.9. The lowest BCUT2D eigenvalue weighted by Gasteiger charge is -2.32. The first-order valence-electron chi connectivity index (χ1n) is 7.00. The number of halogens is 2. The Bertz CT molecular complexity index is 448. The van der Waals surface area contributed by atoms with Crippen molar-refractivity contribution in [3.05, 3.63) is 33.8 Å². The van der Waals surface area contributed by atoms with Crippen LogP contribution in [0.1, 0.15) is 24.8 Å². The Hall–Kier alpha value is -0.280. The number of benzene rings is 1. The molecule has 0 unspecified atom stereocenters. The topological polar surface area (TPSA) is 21.3 Å². The van der Waals surface area contributed by atoms with Gasteiger partial charge in [0.25, 0.3) is 0 Å². The second-order valence-corrected chi connectivity index (χ2v) is 6.45. The Morgan fingerprint density at radius 2 is 2.05 bits per heavy atom. The van der Waals surface area contributed by atoms with Crippen molar-refractivity contribution in [2.45, 2.75) is 37.8 Å². The highest BCUT2D eigenvalue weighted by Gasteiger charge is 2.31. The number of hydrogen-bond acceptors (Lipinski definition) is 2. The summed E-state index contributed by atoms with van der Waals surface area (Å²) in [6.07, 6.45) is 4.67. The van der Waals surface area contributed by atoms with Crippen LogP contribution in [0.2, 0.25) is 10.0 Å². The second kappa shape index (κ2) is 6.01. The highest BCUT2D eigenvalue weighted by atomic mass is 35.5. The van der Waals surface area contributed by atoms with E-state index in [9.17, 15) is 0 Å². The van der Waals surface area contributed by atoms with E-state index < -0.39 is 0 Å². The highest BCUT2D eigenvalue weighted by Crippen LogP contribution is 2.29. The Morgan fingerprint density at radius 1 is 1.21 bits per heavy atom. The molecule has 1 aliphatic heterocycles. The lowest BCUT2D eigenvalue weighted by molar-refractivity contribution is 0.0316. The van der Waals surface area contributed by atoms with Gasteiger partial charge in [-0.3, -0.25) is 0 Å². The first-order chi connectivity index (χ1) is 9.22. The fraction of sp³-hybridized carbons (Fsp3) is 0.600. The molecule has 1 aliphatic carbocycles. The van der Waals surface area contributed by atoms with Crippen LogP contribution in [0.25, 0.3) is 0 Å². The van der Waals surface area contributed by atoms with Crippen molar-refractivity contribution in [1.82, 2.24) is 5.32 Å². The summed E-state index contributed by atoms with van der Waals surface area (Å²) in [5, 5.41) is 5.30. The van der Waals surface area contributed by atoms with Crippen molar-refractivity contribution in [1.29, 1.82) is 0 Å². The van der Waals surface area contributed by atoms with Gasteiger partial charge in [0, 0.05) is 34.7 Å². The minimum absolute atomic E-state index is 0.491. The van der Waals surface area contributed by atoms with E-state index in [0.717, 1.165) is 47.7 Å². The molecular weight excluding hydrogens is 281 g/mol. The van der Waals surface area contributed by atoms with Gasteiger partial charge < -0.3 is 10.1 Å². The van der Waals surface area contributed by atoms with Crippen LogP contribution < -0.4 is 5.32 Å². The molecule has 2 atom stereocenters. The first-order valence-corrected chi connectivity index (χ1v) is 7.75. The predicted octanol–water partition coefficient (Wildman–Crippen LogP) is 3.69. The Morgan fingerprint density at radius 3 is 2.84 bits per heavy atom. The third-order valence-corrected chi connectivity index (χ3v) is 4.59. The van der Waals surface area contributed by atoms with Crippen molar-refractivity contribution >= 4 is 23.2 Å². The summed E-state index contributed by atoms with van der Waals surface area (Å²) in [4.78, 5) is 0. The summed E-state index contributed by atoms with van der Waals surface area (Å²) in [5.41, 5.74) is 1.13. The highest BCUT2D eigenvalue weighted by molar-refractivity contribution is 6.33. The molecule has 0 aromatic heterocycles. The molecular formula is C15H19Cl2NO. The van der Waals surface area contributed by atoms with Crippen LogP contribution in [0.15, 0.2) is 18.2 Å². The van der Waals surface area contributed by atoms with Gasteiger partial charge in [0.2, 0.25) is 0 Å². The second-order valence-electron chi connectivity index (χ2n) is 5.61. The van der Waals surface area contributed by atoms with Gasteiger partial charge in [0.1, 0.15) is 0 Å². The molecule has 0 spiro atoms. The van der Waals surface area contributed by atoms with Gasteiger partial charge in [-0.2, -0.15) is 0 Å². The van der Waals surface area contributed by atoms with Crippen LogP contribution in [-0.4, -0.2) is 25.3 Å². The maximum atomic E-state index is 6.26. The van der Waals surface area contributed by atoms with E-state index in [1.807, 2.05) is 18.2 Å². The van der Waals surface area contributed by atoms with Crippen LogP contribution in [0.4, 0.5) is 0 Å². The minimum Gasteiger partial charge on any atom is -0.381 e. The summed E-state index contributed by atoms with van der Waals surface area (Å²) in [5.74, 6) is 0.491. The van der Waals surface area contributed by atoms with E-state index in [1.54, 1.807) is 0 Å². The van der Waals surface area contributed by atoms with Gasteiger partial charge in [0.15, 0.2) is 0 Å². The van der Waals surface area contributed by atoms with Crippen molar-refractivity contribution in [2.75, 3.05) is 13.2 Å². The standard InChI is InChI=1S/C15H19Cl2NO/c16-12-1-4-14(17)10(8-12)7-11-9-19-6-5-15(11)18-13-2-3-13/h1,4,8,11,13,15,18H,2-3,5-7,9H2/t11-,15+/m1/s1. The molecule has 3 rings (SSSR count). The molecule has 0 radical (unpaired) electrons. The van der Waals surface area contributed by atoms with E-state index in [2.05, 4.69) is 5.32 Å². The molecule has 1 saturated carbocycles. The normalized spacial score (nSPS) is 27.5. The molecule has 1 aromatic rings. The van der Waals surface area contributed by atoms with Gasteiger partial charge in [-0.05, 0) is 49.4 Å². The lowest BCUT2D eigenvalue weighted by atomic mass is 9.89. The SMILES string of the molecule is Clc1ccc(Cl)c(C[C@@H]2COCC[C@@H]2NC2CC2)c1. The minimum atomic E-state index is 0.491. The van der Waals surface area contributed by atoms with Gasteiger partial charge in [-0.15, -0.1) is 0 Å². The molecule has 0 bridgehead atoms. The van der Waals surface area contributed by atoms with Crippen molar-refractivity contribution in [3.8, 4) is 0 Å². The van der Waals surface area contributed by atoms with Gasteiger partial charge in [-0.25, -0.2) is 0 Å². The van der Waals surface area contributed by atoms with Gasteiger partial charge in [-0.1, -0.05) is 23.2 Å². The fourth-order valence-electron chi connectivity index (χ4n) is 2.75. The molecule has 0 amide bonds. The van der Waals surface area contributed by atoms with Crippen LogP contribution in [0.5, 0.6) is 0 Å². The smallest absolute Gasteiger partial charge is 0.0512 e. The predicted molar refractivity (Wildman–Crippen MR) is 79.0 cm³/mol. The summed E-state index contributed by atoms with van der Waals surface area (Å²) < 4.78 is 5.64. The third kappa shape index (κ3) is 3.63. The third-order valence-electron chi connectivity index (χ3n) is 3.99. The molecule has 1 saturated heterocycles. The summed E-state index contributed by atoms with van der Waals surface area (Å²) in [7, 11) is 0. The maximum Gasteiger partial charge on any atom is 0.0512 e. The molecule has 104 valence electrons. The van der Waals surface area contributed by atoms with E-state index in [-0.39, 0.29) is 0 Å². The molecule has 1 heterocycles. The molecule has 2 aliphatic rings. The average molecular weight is 300 g/mol. The zero-order chi connectivity index (χ0) is 13.2. The van der Waals surface area contributed by atoms with Crippen molar-refractivity contribution in [3.63, 3.8) is 0 Å². The quantitative estimate of drug-likeness (QED) is 0.915. The largest absolute Gasteiger partial charge is 0.381 e. The molecule has 2 fully saturated rings. The summed E-state index contributed by atoms with van der Waals surface area (Å²) >= 11 is 12.3. The monoisotopic (exact) mass is 299 g/mol. The van der Waals surface area contributed by atoms with Gasteiger partial charge >= 0.3 is 0 Å². The van der Waals surface area contributed by atoms with Crippen LogP contribution in [0, 0.1) is 5.92 Å². The molecule has 1 aromatic carbocycles. The van der Waals surface area contributed by atoms with Gasteiger partial charge in [0.05, 0.1) is 6.61 Å². The van der Waals surface area contributed by atoms with Crippen molar-refractivity contribution in [2.24, 2.45) is 5.92 Å². The number of nitrogens with one attached hydrogen (secondary N) is 1. The van der Waals surface area contributed by atoms with E-state index in [1.165, 1.54) is 12.8 Å². The molecule has 1 N–H and O–H groups in total. The molecule has 4 heteroatoms. The summed E-state index contributed by atoms with van der Waals surface area (Å²) in [6.45, 7) is 1.68. The van der Waals surface area contributed by atoms with Crippen LogP contribution >= 0.6 is 23.2 Å². The zero-order valence-corrected chi connectivity index (χ0v) is 12.4. The first kappa shape index (κ1) is 13.7. The summed E-state index contributed by atoms with van der Waals surface area (Å²) in [6, 6.07) is 6.99. The Balaban J connectivity index is 1.69. The Labute approximate surface area is 124 Å². The van der Waals surface area contributed by atoms with Crippen LogP contribution in [-0.2, 0) is 11.2 Å². The fourth-order valence-corrected chi connectivity index (χ4v) is 3.14. The number of ether oxygens (including phenoxy) is 1.